The number of rotatable bonds is 6. The molecule has 1 fully saturated rings. The van der Waals surface area contributed by atoms with Gasteiger partial charge in [0.25, 0.3) is 5.91 Å². The predicted octanol–water partition coefficient (Wildman–Crippen LogP) is 1.90. The molecule has 3 N–H and O–H groups in total. The van der Waals surface area contributed by atoms with Crippen LogP contribution in [-0.4, -0.2) is 53.5 Å². The second-order valence-corrected chi connectivity index (χ2v) is 7.89. The van der Waals surface area contributed by atoms with Crippen LogP contribution in [0.2, 0.25) is 0 Å². The Hall–Kier alpha value is -2.67. The molecule has 1 aromatic carbocycles. The fourth-order valence-corrected chi connectivity index (χ4v) is 3.74. The molecular weight excluding hydrogens is 366 g/mol. The number of hydrogen-bond donors (Lipinski definition) is 1. The molecule has 1 saturated heterocycles. The van der Waals surface area contributed by atoms with Gasteiger partial charge in [0.05, 0.1) is 0 Å². The van der Waals surface area contributed by atoms with Crippen LogP contribution in [-0.2, 0) is 11.3 Å². The Labute approximate surface area is 172 Å². The highest BCUT2D eigenvalue weighted by Gasteiger charge is 2.26. The van der Waals surface area contributed by atoms with E-state index in [-0.39, 0.29) is 18.6 Å². The molecule has 0 unspecified atom stereocenters. The quantitative estimate of drug-likeness (QED) is 0.803. The molecule has 2 heterocycles. The number of benzene rings is 1. The number of carbonyl (C=O) groups excluding carboxylic acids is 1. The third-order valence-electron chi connectivity index (χ3n) is 5.84. The number of likely N-dealkylation sites (tertiary alicyclic amines) is 1. The van der Waals surface area contributed by atoms with Crippen molar-refractivity contribution >= 4 is 11.6 Å². The van der Waals surface area contributed by atoms with Gasteiger partial charge in [-0.25, -0.2) is 4.98 Å². The summed E-state index contributed by atoms with van der Waals surface area (Å²) in [5.41, 5.74) is 10.7. The molecule has 0 radical (unpaired) electrons. The molecule has 0 aliphatic carbocycles. The number of anilines is 1. The summed E-state index contributed by atoms with van der Waals surface area (Å²) in [6, 6.07) is 9.09. The Morgan fingerprint density at radius 1 is 1.28 bits per heavy atom. The highest BCUT2D eigenvalue weighted by molar-refractivity contribution is 5.77. The van der Waals surface area contributed by atoms with Crippen molar-refractivity contribution in [3.8, 4) is 6.01 Å². The molecule has 0 saturated carbocycles. The van der Waals surface area contributed by atoms with Gasteiger partial charge in [-0.1, -0.05) is 24.3 Å². The van der Waals surface area contributed by atoms with Crippen LogP contribution in [0.25, 0.3) is 0 Å². The van der Waals surface area contributed by atoms with E-state index in [0.717, 1.165) is 38.2 Å². The first-order valence-electron chi connectivity index (χ1n) is 10.2. The zero-order chi connectivity index (χ0) is 21.0. The van der Waals surface area contributed by atoms with Crippen LogP contribution in [0, 0.1) is 20.8 Å². The monoisotopic (exact) mass is 398 g/mol. The summed E-state index contributed by atoms with van der Waals surface area (Å²) in [6.45, 7) is 8.75. The van der Waals surface area contributed by atoms with Gasteiger partial charge < -0.3 is 15.4 Å². The van der Waals surface area contributed by atoms with E-state index in [2.05, 4.69) is 46.1 Å². The van der Waals surface area contributed by atoms with E-state index in [0.29, 0.717) is 17.4 Å². The predicted molar refractivity (Wildman–Crippen MR) is 112 cm³/mol. The van der Waals surface area contributed by atoms with Crippen molar-refractivity contribution in [2.24, 2.45) is 0 Å². The second-order valence-electron chi connectivity index (χ2n) is 7.89. The van der Waals surface area contributed by atoms with Gasteiger partial charge in [0, 0.05) is 39.6 Å². The molecular formula is C22H32N5O2+. The lowest BCUT2D eigenvalue weighted by atomic mass is 10.0. The summed E-state index contributed by atoms with van der Waals surface area (Å²) in [6.07, 6.45) is 1.94. The van der Waals surface area contributed by atoms with Crippen molar-refractivity contribution in [1.82, 2.24) is 14.8 Å². The van der Waals surface area contributed by atoms with E-state index in [9.17, 15) is 4.79 Å². The lowest BCUT2D eigenvalue weighted by Crippen LogP contribution is -2.46. The van der Waals surface area contributed by atoms with Crippen molar-refractivity contribution in [1.29, 1.82) is 0 Å². The van der Waals surface area contributed by atoms with E-state index in [4.69, 9.17) is 10.5 Å². The highest BCUT2D eigenvalue weighted by atomic mass is 16.5. The molecule has 0 bridgehead atoms. The number of ether oxygens (including phenoxy) is 1. The summed E-state index contributed by atoms with van der Waals surface area (Å²) in [7, 11) is 1.87. The molecule has 1 aromatic heterocycles. The number of nitrogens with one attached hydrogen (secondary N) is 1. The van der Waals surface area contributed by atoms with Crippen LogP contribution >= 0.6 is 0 Å². The first-order valence-corrected chi connectivity index (χ1v) is 10.2. The minimum Gasteiger partial charge on any atom is -0.418 e. The van der Waals surface area contributed by atoms with E-state index < -0.39 is 0 Å². The second kappa shape index (κ2) is 9.22. The lowest BCUT2D eigenvalue weighted by molar-refractivity contribution is -0.407. The van der Waals surface area contributed by atoms with E-state index in [1.807, 2.05) is 25.8 Å². The number of nitrogens with zero attached hydrogens (tertiary/aromatic N) is 3. The summed E-state index contributed by atoms with van der Waals surface area (Å²) in [5, 5.41) is 0. The number of amides is 1. The maximum absolute atomic E-state index is 12.6. The van der Waals surface area contributed by atoms with Crippen molar-refractivity contribution in [2.45, 2.75) is 46.2 Å². The number of aryl methyl sites for hydroxylation is 3. The number of nitrogens with two attached hydrogens (primary N) is 1. The number of nitrogen functional groups attached to an aromatic ring is 1. The molecule has 1 aliphatic heterocycles. The molecule has 156 valence electrons. The molecule has 7 nitrogen and oxygen atoms in total. The number of aromatic amines is 1. The summed E-state index contributed by atoms with van der Waals surface area (Å²) < 4.78 is 5.59. The SMILES string of the molecule is Cc1ccccc1CN1CCC(N(C)C(=O)COc2nc(C)c(N)c(C)[nH+]2)CC1. The van der Waals surface area contributed by atoms with Gasteiger partial charge in [-0.2, -0.15) is 0 Å². The standard InChI is InChI=1S/C22H31N5O2/c1-15-7-5-6-8-18(15)13-27-11-9-19(10-12-27)26(4)20(28)14-29-22-24-16(2)21(23)17(3)25-22/h5-8,19H,9-14,23H2,1-4H3/p+1. The molecule has 2 aromatic rings. The average Bonchev–Trinajstić information content (AvgIpc) is 2.72. The van der Waals surface area contributed by atoms with Gasteiger partial charge in [-0.15, -0.1) is 0 Å². The van der Waals surface area contributed by atoms with Crippen LogP contribution in [0.1, 0.15) is 35.4 Å². The summed E-state index contributed by atoms with van der Waals surface area (Å²) >= 11 is 0. The zero-order valence-electron chi connectivity index (χ0n) is 17.9. The molecule has 7 heteroatoms. The van der Waals surface area contributed by atoms with Gasteiger partial charge in [0.15, 0.2) is 12.3 Å². The molecule has 0 spiro atoms. The van der Waals surface area contributed by atoms with Gasteiger partial charge >= 0.3 is 6.01 Å². The van der Waals surface area contributed by atoms with Crippen LogP contribution in [0.5, 0.6) is 6.01 Å². The van der Waals surface area contributed by atoms with Gasteiger partial charge in [-0.05, 0) is 42.8 Å². The zero-order valence-corrected chi connectivity index (χ0v) is 17.9. The first kappa shape index (κ1) is 21.0. The fourth-order valence-electron chi connectivity index (χ4n) is 3.74. The summed E-state index contributed by atoms with van der Waals surface area (Å²) in [4.78, 5) is 24.1. The molecule has 1 aliphatic rings. The minimum absolute atomic E-state index is 0.0355. The van der Waals surface area contributed by atoms with Gasteiger partial charge in [0.2, 0.25) is 0 Å². The van der Waals surface area contributed by atoms with Crippen LogP contribution < -0.4 is 15.5 Å². The largest absolute Gasteiger partial charge is 0.497 e. The summed E-state index contributed by atoms with van der Waals surface area (Å²) in [5.74, 6) is -0.0373. The Bertz CT molecular complexity index is 839. The third-order valence-corrected chi connectivity index (χ3v) is 5.84. The van der Waals surface area contributed by atoms with Crippen molar-refractivity contribution in [3.05, 3.63) is 46.8 Å². The number of piperidine rings is 1. The first-order chi connectivity index (χ1) is 13.8. The maximum Gasteiger partial charge on any atom is 0.497 e. The number of hydrogen-bond acceptors (Lipinski definition) is 5. The molecule has 3 rings (SSSR count). The van der Waals surface area contributed by atoms with Gasteiger partial charge in [-0.3, -0.25) is 9.69 Å². The third kappa shape index (κ3) is 5.23. The number of H-pyrrole nitrogens is 1. The lowest BCUT2D eigenvalue weighted by Gasteiger charge is -2.36. The van der Waals surface area contributed by atoms with Crippen molar-refractivity contribution < 1.29 is 14.5 Å². The van der Waals surface area contributed by atoms with E-state index >= 15 is 0 Å². The smallest absolute Gasteiger partial charge is 0.418 e. The number of aromatic nitrogens is 2. The van der Waals surface area contributed by atoms with E-state index in [1.54, 1.807) is 0 Å². The van der Waals surface area contributed by atoms with Gasteiger partial charge in [0.1, 0.15) is 11.4 Å². The Kier molecular flexibility index (Phi) is 6.69. The Morgan fingerprint density at radius 2 is 1.97 bits per heavy atom. The molecule has 0 atom stereocenters. The average molecular weight is 399 g/mol. The van der Waals surface area contributed by atoms with Crippen LogP contribution in [0.3, 0.4) is 0 Å². The highest BCUT2D eigenvalue weighted by Crippen LogP contribution is 2.19. The normalized spacial score (nSPS) is 15.3. The van der Waals surface area contributed by atoms with Crippen LogP contribution in [0.4, 0.5) is 5.69 Å². The Balaban J connectivity index is 1.48. The molecule has 29 heavy (non-hydrogen) atoms. The van der Waals surface area contributed by atoms with Crippen molar-refractivity contribution in [3.63, 3.8) is 0 Å². The van der Waals surface area contributed by atoms with Crippen LogP contribution in [0.15, 0.2) is 24.3 Å². The van der Waals surface area contributed by atoms with Crippen molar-refractivity contribution in [2.75, 3.05) is 32.5 Å². The Morgan fingerprint density at radius 3 is 2.62 bits per heavy atom. The number of likely N-dealkylation sites (N-methyl/N-ethyl adjacent to an activating group) is 1. The number of carbonyl (C=O) groups is 1. The topological polar surface area (TPSA) is 85.8 Å². The maximum atomic E-state index is 12.6. The fraction of sp³-hybridized carbons (Fsp3) is 0.500. The minimum atomic E-state index is -0.0373. The van der Waals surface area contributed by atoms with E-state index in [1.165, 1.54) is 11.1 Å². The molecule has 1 amide bonds.